The van der Waals surface area contributed by atoms with Crippen molar-refractivity contribution in [2.45, 2.75) is 58.7 Å². The Morgan fingerprint density at radius 2 is 1.68 bits per heavy atom. The number of rotatable bonds is 10. The molecular weight excluding hydrogens is 454 g/mol. The van der Waals surface area contributed by atoms with Crippen molar-refractivity contribution < 1.29 is 19.2 Å². The highest BCUT2D eigenvalue weighted by molar-refractivity contribution is 6.30. The Kier molecular flexibility index (Phi) is 8.45. The molecule has 0 fully saturated rings. The standard InChI is InChI=1S/C26H30ClN3O4/c1-4-17(2)28-24(32)18(3)30(16-19-9-7-10-20(27)15-19)23(31)13-8-14-29-25(33)21-11-5-6-12-22(21)26(29)34/h5-7,9-12,15,17-18H,4,8,13-14,16H2,1-3H3,(H,28,32)/t17-,18-/m0/s1. The van der Waals surface area contributed by atoms with Gasteiger partial charge in [0.05, 0.1) is 11.1 Å². The first-order chi connectivity index (χ1) is 16.2. The first-order valence-electron chi connectivity index (χ1n) is 11.5. The summed E-state index contributed by atoms with van der Waals surface area (Å²) in [4.78, 5) is 53.8. The molecule has 0 spiro atoms. The van der Waals surface area contributed by atoms with E-state index in [1.54, 1.807) is 49.4 Å². The fourth-order valence-electron chi connectivity index (χ4n) is 3.85. The van der Waals surface area contributed by atoms with Crippen LogP contribution in [-0.2, 0) is 16.1 Å². The second-order valence-electron chi connectivity index (χ2n) is 8.56. The Labute approximate surface area is 205 Å². The zero-order valence-electron chi connectivity index (χ0n) is 19.7. The molecule has 4 amide bonds. The predicted octanol–water partition coefficient (Wildman–Crippen LogP) is 4.05. The lowest BCUT2D eigenvalue weighted by molar-refractivity contribution is -0.141. The van der Waals surface area contributed by atoms with Gasteiger partial charge in [0.25, 0.3) is 11.8 Å². The maximum Gasteiger partial charge on any atom is 0.261 e. The van der Waals surface area contributed by atoms with E-state index in [0.29, 0.717) is 22.6 Å². The van der Waals surface area contributed by atoms with Crippen LogP contribution in [0.1, 0.15) is 66.3 Å². The summed E-state index contributed by atoms with van der Waals surface area (Å²) >= 11 is 6.11. The van der Waals surface area contributed by atoms with Crippen molar-refractivity contribution in [3.63, 3.8) is 0 Å². The molecule has 1 aliphatic heterocycles. The van der Waals surface area contributed by atoms with Gasteiger partial charge in [-0.05, 0) is 56.5 Å². The minimum atomic E-state index is -0.695. The van der Waals surface area contributed by atoms with Crippen LogP contribution in [0.4, 0.5) is 0 Å². The SMILES string of the molecule is CC[C@H](C)NC(=O)[C@H](C)N(Cc1cccc(Cl)c1)C(=O)CCCN1C(=O)c2ccccc2C1=O. The van der Waals surface area contributed by atoms with Crippen molar-refractivity contribution >= 4 is 35.2 Å². The fourth-order valence-corrected chi connectivity index (χ4v) is 4.07. The summed E-state index contributed by atoms with van der Waals surface area (Å²) in [5.41, 5.74) is 1.58. The Bertz CT molecular complexity index is 1050. The number of fused-ring (bicyclic) bond motifs is 1. The molecule has 2 aromatic carbocycles. The number of hydrogen-bond donors (Lipinski definition) is 1. The van der Waals surface area contributed by atoms with Crippen LogP contribution in [0.25, 0.3) is 0 Å². The van der Waals surface area contributed by atoms with Crippen LogP contribution in [0.15, 0.2) is 48.5 Å². The van der Waals surface area contributed by atoms with Crippen molar-refractivity contribution in [1.82, 2.24) is 15.1 Å². The average Bonchev–Trinajstić information content (AvgIpc) is 3.07. The van der Waals surface area contributed by atoms with Gasteiger partial charge in [-0.2, -0.15) is 0 Å². The Balaban J connectivity index is 1.68. The molecule has 8 heteroatoms. The van der Waals surface area contributed by atoms with E-state index in [2.05, 4.69) is 5.32 Å². The zero-order valence-corrected chi connectivity index (χ0v) is 20.5. The van der Waals surface area contributed by atoms with Gasteiger partial charge in [-0.25, -0.2) is 0 Å². The lowest BCUT2D eigenvalue weighted by atomic mass is 10.1. The van der Waals surface area contributed by atoms with E-state index in [0.717, 1.165) is 12.0 Å². The van der Waals surface area contributed by atoms with Gasteiger partial charge in [0, 0.05) is 30.6 Å². The van der Waals surface area contributed by atoms with Gasteiger partial charge in [-0.15, -0.1) is 0 Å². The molecule has 1 heterocycles. The van der Waals surface area contributed by atoms with Crippen LogP contribution in [-0.4, -0.2) is 52.1 Å². The molecule has 180 valence electrons. The van der Waals surface area contributed by atoms with Gasteiger partial charge in [-0.1, -0.05) is 42.8 Å². The van der Waals surface area contributed by atoms with Gasteiger partial charge in [0.2, 0.25) is 11.8 Å². The summed E-state index contributed by atoms with van der Waals surface area (Å²) in [7, 11) is 0. The molecule has 0 radical (unpaired) electrons. The van der Waals surface area contributed by atoms with Crippen molar-refractivity contribution in [2.24, 2.45) is 0 Å². The summed E-state index contributed by atoms with van der Waals surface area (Å²) in [5, 5.41) is 3.48. The first-order valence-corrected chi connectivity index (χ1v) is 11.9. The van der Waals surface area contributed by atoms with E-state index >= 15 is 0 Å². The maximum absolute atomic E-state index is 13.2. The van der Waals surface area contributed by atoms with E-state index in [1.165, 1.54) is 9.80 Å². The average molecular weight is 484 g/mol. The lowest BCUT2D eigenvalue weighted by Gasteiger charge is -2.30. The second kappa shape index (κ2) is 11.3. The van der Waals surface area contributed by atoms with E-state index in [-0.39, 0.29) is 49.2 Å². The highest BCUT2D eigenvalue weighted by Crippen LogP contribution is 2.23. The van der Waals surface area contributed by atoms with E-state index in [9.17, 15) is 19.2 Å². The number of imide groups is 1. The maximum atomic E-state index is 13.2. The molecule has 0 bridgehead atoms. The molecule has 2 aromatic rings. The Morgan fingerprint density at radius 1 is 1.03 bits per heavy atom. The molecule has 34 heavy (non-hydrogen) atoms. The molecule has 0 saturated heterocycles. The van der Waals surface area contributed by atoms with Gasteiger partial charge in [0.15, 0.2) is 0 Å². The first kappa shape index (κ1) is 25.4. The third-order valence-corrected chi connectivity index (χ3v) is 6.30. The van der Waals surface area contributed by atoms with Gasteiger partial charge in [-0.3, -0.25) is 24.1 Å². The van der Waals surface area contributed by atoms with Gasteiger partial charge < -0.3 is 10.2 Å². The van der Waals surface area contributed by atoms with Crippen molar-refractivity contribution in [1.29, 1.82) is 0 Å². The number of amides is 4. The fraction of sp³-hybridized carbons (Fsp3) is 0.385. The number of nitrogens with zero attached hydrogens (tertiary/aromatic N) is 2. The van der Waals surface area contributed by atoms with Crippen LogP contribution < -0.4 is 5.32 Å². The summed E-state index contributed by atoms with van der Waals surface area (Å²) in [5.74, 6) is -1.15. The quantitative estimate of drug-likeness (QED) is 0.516. The van der Waals surface area contributed by atoms with Crippen LogP contribution in [0.3, 0.4) is 0 Å². The van der Waals surface area contributed by atoms with Crippen molar-refractivity contribution in [3.05, 3.63) is 70.2 Å². The molecule has 0 saturated carbocycles. The van der Waals surface area contributed by atoms with E-state index in [1.807, 2.05) is 19.9 Å². The van der Waals surface area contributed by atoms with Crippen LogP contribution in [0.5, 0.6) is 0 Å². The molecule has 0 aliphatic carbocycles. The van der Waals surface area contributed by atoms with Crippen molar-refractivity contribution in [3.8, 4) is 0 Å². The number of carbonyl (C=O) groups is 4. The smallest absolute Gasteiger partial charge is 0.261 e. The number of benzene rings is 2. The third kappa shape index (κ3) is 5.83. The van der Waals surface area contributed by atoms with E-state index < -0.39 is 6.04 Å². The van der Waals surface area contributed by atoms with Crippen LogP contribution in [0, 0.1) is 0 Å². The van der Waals surface area contributed by atoms with Gasteiger partial charge >= 0.3 is 0 Å². The van der Waals surface area contributed by atoms with E-state index in [4.69, 9.17) is 11.6 Å². The monoisotopic (exact) mass is 483 g/mol. The number of nitrogens with one attached hydrogen (secondary N) is 1. The zero-order chi connectivity index (χ0) is 24.8. The Morgan fingerprint density at radius 3 is 2.26 bits per heavy atom. The molecular formula is C26H30ClN3O4. The van der Waals surface area contributed by atoms with Gasteiger partial charge in [0.1, 0.15) is 6.04 Å². The predicted molar refractivity (Wildman–Crippen MR) is 130 cm³/mol. The molecule has 0 aromatic heterocycles. The highest BCUT2D eigenvalue weighted by atomic mass is 35.5. The summed E-state index contributed by atoms with van der Waals surface area (Å²) in [6, 6.07) is 13.2. The largest absolute Gasteiger partial charge is 0.352 e. The molecule has 7 nitrogen and oxygen atoms in total. The normalized spacial score (nSPS) is 14.5. The molecule has 1 aliphatic rings. The lowest BCUT2D eigenvalue weighted by Crippen LogP contribution is -2.49. The summed E-state index contributed by atoms with van der Waals surface area (Å²) < 4.78 is 0. The molecule has 1 N–H and O–H groups in total. The minimum Gasteiger partial charge on any atom is -0.352 e. The summed E-state index contributed by atoms with van der Waals surface area (Å²) in [6.07, 6.45) is 1.17. The summed E-state index contributed by atoms with van der Waals surface area (Å²) in [6.45, 7) is 5.95. The minimum absolute atomic E-state index is 0.00750. The van der Waals surface area contributed by atoms with Crippen molar-refractivity contribution in [2.75, 3.05) is 6.54 Å². The number of hydrogen-bond acceptors (Lipinski definition) is 4. The third-order valence-electron chi connectivity index (χ3n) is 6.06. The molecule has 3 rings (SSSR count). The molecule has 2 atom stereocenters. The number of carbonyl (C=O) groups excluding carboxylic acids is 4. The number of halogens is 1. The highest BCUT2D eigenvalue weighted by Gasteiger charge is 2.35. The van der Waals surface area contributed by atoms with Crippen LogP contribution in [0.2, 0.25) is 5.02 Å². The van der Waals surface area contributed by atoms with Crippen LogP contribution >= 0.6 is 11.6 Å². The second-order valence-corrected chi connectivity index (χ2v) is 8.99. The topological polar surface area (TPSA) is 86.8 Å². The molecule has 0 unspecified atom stereocenters. The Hall–Kier alpha value is -3.19.